The van der Waals surface area contributed by atoms with Crippen molar-refractivity contribution in [1.82, 2.24) is 15.5 Å². The molecule has 2 aliphatic heterocycles. The smallest absolute Gasteiger partial charge is 0.0217 e. The van der Waals surface area contributed by atoms with Crippen LogP contribution in [0.15, 0.2) is 0 Å². The molecular formula is C17H33N3. The van der Waals surface area contributed by atoms with E-state index in [2.05, 4.69) is 22.6 Å². The summed E-state index contributed by atoms with van der Waals surface area (Å²) in [7, 11) is 2.31. The van der Waals surface area contributed by atoms with Crippen molar-refractivity contribution < 1.29 is 0 Å². The molecule has 0 radical (unpaired) electrons. The molecule has 4 unspecified atom stereocenters. The van der Waals surface area contributed by atoms with Gasteiger partial charge in [-0.3, -0.25) is 0 Å². The quantitative estimate of drug-likeness (QED) is 0.827. The van der Waals surface area contributed by atoms with Crippen molar-refractivity contribution in [3.05, 3.63) is 0 Å². The van der Waals surface area contributed by atoms with Crippen LogP contribution in [0.3, 0.4) is 0 Å². The fourth-order valence-electron chi connectivity index (χ4n) is 4.66. The number of nitrogens with zero attached hydrogens (tertiary/aromatic N) is 1. The Bertz CT molecular complexity index is 288. The van der Waals surface area contributed by atoms with Crippen LogP contribution in [-0.4, -0.2) is 49.7 Å². The van der Waals surface area contributed by atoms with Gasteiger partial charge in [0.25, 0.3) is 0 Å². The zero-order valence-electron chi connectivity index (χ0n) is 13.2. The van der Waals surface area contributed by atoms with Crippen LogP contribution in [0.2, 0.25) is 0 Å². The molecule has 3 nitrogen and oxygen atoms in total. The summed E-state index contributed by atoms with van der Waals surface area (Å²) in [6.45, 7) is 3.76. The lowest BCUT2D eigenvalue weighted by Gasteiger charge is -2.36. The monoisotopic (exact) mass is 279 g/mol. The number of hydrogen-bond acceptors (Lipinski definition) is 3. The van der Waals surface area contributed by atoms with Crippen molar-refractivity contribution in [2.75, 3.05) is 26.7 Å². The first-order valence-corrected chi connectivity index (χ1v) is 9.01. The lowest BCUT2D eigenvalue weighted by Crippen LogP contribution is -2.50. The number of hydrogen-bond donors (Lipinski definition) is 2. The van der Waals surface area contributed by atoms with Crippen LogP contribution in [0.25, 0.3) is 0 Å². The standard InChI is InChI=1S/C17H33N3/c1-20-12-5-3-7-14(20)13-19-17-10-6-8-15(17)16-9-2-4-11-18-16/h14-19H,2-13H2,1H3. The molecule has 0 aromatic carbocycles. The number of rotatable bonds is 4. The summed E-state index contributed by atoms with van der Waals surface area (Å²) < 4.78 is 0. The van der Waals surface area contributed by atoms with Gasteiger partial charge in [-0.2, -0.15) is 0 Å². The molecule has 3 fully saturated rings. The van der Waals surface area contributed by atoms with Crippen molar-refractivity contribution in [1.29, 1.82) is 0 Å². The molecule has 3 aliphatic rings. The second-order valence-electron chi connectivity index (χ2n) is 7.30. The van der Waals surface area contributed by atoms with Gasteiger partial charge in [-0.05, 0) is 64.6 Å². The first kappa shape index (κ1) is 14.8. The minimum atomic E-state index is 0.779. The van der Waals surface area contributed by atoms with Crippen molar-refractivity contribution in [2.24, 2.45) is 5.92 Å². The van der Waals surface area contributed by atoms with E-state index in [4.69, 9.17) is 0 Å². The van der Waals surface area contributed by atoms with Crippen LogP contribution in [0, 0.1) is 5.92 Å². The maximum absolute atomic E-state index is 3.95. The van der Waals surface area contributed by atoms with E-state index in [9.17, 15) is 0 Å². The topological polar surface area (TPSA) is 27.3 Å². The van der Waals surface area contributed by atoms with Crippen LogP contribution >= 0.6 is 0 Å². The third-order valence-corrected chi connectivity index (χ3v) is 5.97. The molecule has 3 rings (SSSR count). The molecule has 2 heterocycles. The van der Waals surface area contributed by atoms with E-state index in [1.807, 2.05) is 0 Å². The van der Waals surface area contributed by atoms with Gasteiger partial charge in [0.15, 0.2) is 0 Å². The highest BCUT2D eigenvalue weighted by Crippen LogP contribution is 2.32. The molecule has 4 atom stereocenters. The fraction of sp³-hybridized carbons (Fsp3) is 1.00. The third kappa shape index (κ3) is 3.55. The first-order chi connectivity index (χ1) is 9.84. The van der Waals surface area contributed by atoms with E-state index < -0.39 is 0 Å². The molecule has 0 spiro atoms. The lowest BCUT2D eigenvalue weighted by atomic mass is 9.88. The second kappa shape index (κ2) is 7.24. The minimum absolute atomic E-state index is 0.779. The summed E-state index contributed by atoms with van der Waals surface area (Å²) >= 11 is 0. The third-order valence-electron chi connectivity index (χ3n) is 5.97. The van der Waals surface area contributed by atoms with Gasteiger partial charge < -0.3 is 15.5 Å². The van der Waals surface area contributed by atoms with Crippen molar-refractivity contribution >= 4 is 0 Å². The average Bonchev–Trinajstić information content (AvgIpc) is 2.96. The zero-order chi connectivity index (χ0) is 13.8. The molecule has 0 aromatic rings. The Balaban J connectivity index is 1.48. The maximum Gasteiger partial charge on any atom is 0.0217 e. The van der Waals surface area contributed by atoms with Crippen LogP contribution in [0.1, 0.15) is 57.8 Å². The maximum atomic E-state index is 3.95. The predicted octanol–water partition coefficient (Wildman–Crippen LogP) is 2.37. The Morgan fingerprint density at radius 1 is 1.00 bits per heavy atom. The van der Waals surface area contributed by atoms with Gasteiger partial charge in [0.2, 0.25) is 0 Å². The lowest BCUT2D eigenvalue weighted by molar-refractivity contribution is 0.169. The van der Waals surface area contributed by atoms with Crippen LogP contribution in [-0.2, 0) is 0 Å². The van der Waals surface area contributed by atoms with Gasteiger partial charge in [-0.25, -0.2) is 0 Å². The van der Waals surface area contributed by atoms with Crippen LogP contribution < -0.4 is 10.6 Å². The molecule has 1 saturated carbocycles. The van der Waals surface area contributed by atoms with E-state index in [-0.39, 0.29) is 0 Å². The van der Waals surface area contributed by atoms with E-state index in [1.54, 1.807) is 0 Å². The summed E-state index contributed by atoms with van der Waals surface area (Å²) in [5.41, 5.74) is 0. The second-order valence-corrected chi connectivity index (χ2v) is 7.30. The molecule has 1 aliphatic carbocycles. The molecular weight excluding hydrogens is 246 g/mol. The Morgan fingerprint density at radius 2 is 1.90 bits per heavy atom. The minimum Gasteiger partial charge on any atom is -0.314 e. The number of likely N-dealkylation sites (tertiary alicyclic amines) is 1. The number of nitrogens with one attached hydrogen (secondary N) is 2. The normalized spacial score (nSPS) is 40.0. The van der Waals surface area contributed by atoms with Gasteiger partial charge in [-0.15, -0.1) is 0 Å². The Morgan fingerprint density at radius 3 is 2.70 bits per heavy atom. The highest BCUT2D eigenvalue weighted by atomic mass is 15.2. The average molecular weight is 279 g/mol. The molecule has 116 valence electrons. The first-order valence-electron chi connectivity index (χ1n) is 9.01. The fourth-order valence-corrected chi connectivity index (χ4v) is 4.66. The van der Waals surface area contributed by atoms with Gasteiger partial charge >= 0.3 is 0 Å². The van der Waals surface area contributed by atoms with Crippen LogP contribution in [0.4, 0.5) is 0 Å². The molecule has 0 bridgehead atoms. The van der Waals surface area contributed by atoms with E-state index in [0.29, 0.717) is 0 Å². The summed E-state index contributed by atoms with van der Waals surface area (Å²) in [6, 6.07) is 2.36. The molecule has 2 N–H and O–H groups in total. The van der Waals surface area contributed by atoms with E-state index in [1.165, 1.54) is 77.4 Å². The summed E-state index contributed by atoms with van der Waals surface area (Å²) in [4.78, 5) is 2.57. The SMILES string of the molecule is CN1CCCCC1CNC1CCCC1C1CCCCN1. The molecule has 2 saturated heterocycles. The molecule has 0 amide bonds. The Kier molecular flexibility index (Phi) is 5.36. The summed E-state index contributed by atoms with van der Waals surface area (Å²) in [6.07, 6.45) is 12.7. The van der Waals surface area contributed by atoms with Crippen molar-refractivity contribution in [3.8, 4) is 0 Å². The number of likely N-dealkylation sites (N-methyl/N-ethyl adjacent to an activating group) is 1. The summed E-state index contributed by atoms with van der Waals surface area (Å²) in [5, 5.41) is 7.73. The Labute approximate surface area is 124 Å². The van der Waals surface area contributed by atoms with Crippen molar-refractivity contribution in [3.63, 3.8) is 0 Å². The van der Waals surface area contributed by atoms with Gasteiger partial charge in [0.1, 0.15) is 0 Å². The number of piperidine rings is 2. The van der Waals surface area contributed by atoms with E-state index in [0.717, 1.165) is 24.0 Å². The highest BCUT2D eigenvalue weighted by Gasteiger charge is 2.34. The molecule has 3 heteroatoms. The van der Waals surface area contributed by atoms with Crippen molar-refractivity contribution in [2.45, 2.75) is 75.9 Å². The van der Waals surface area contributed by atoms with Gasteiger partial charge in [0, 0.05) is 24.7 Å². The van der Waals surface area contributed by atoms with Crippen LogP contribution in [0.5, 0.6) is 0 Å². The zero-order valence-corrected chi connectivity index (χ0v) is 13.2. The van der Waals surface area contributed by atoms with E-state index >= 15 is 0 Å². The predicted molar refractivity (Wildman–Crippen MR) is 85.0 cm³/mol. The Hall–Kier alpha value is -0.120. The highest BCUT2D eigenvalue weighted by molar-refractivity contribution is 4.93. The molecule has 0 aromatic heterocycles. The largest absolute Gasteiger partial charge is 0.314 e. The summed E-state index contributed by atoms with van der Waals surface area (Å²) in [5.74, 6) is 0.893. The molecule has 20 heavy (non-hydrogen) atoms. The van der Waals surface area contributed by atoms with Gasteiger partial charge in [-0.1, -0.05) is 19.3 Å². The van der Waals surface area contributed by atoms with Gasteiger partial charge in [0.05, 0.1) is 0 Å².